The molecule has 2 saturated carbocycles. The van der Waals surface area contributed by atoms with E-state index in [1.54, 1.807) is 0 Å². The highest BCUT2D eigenvalue weighted by Gasteiger charge is 2.73. The van der Waals surface area contributed by atoms with Crippen LogP contribution in [0, 0.1) is 17.8 Å². The van der Waals surface area contributed by atoms with Crippen LogP contribution >= 0.6 is 0 Å². The zero-order valence-corrected chi connectivity index (χ0v) is 23.5. The van der Waals surface area contributed by atoms with E-state index in [1.165, 1.54) is 12.0 Å². The quantitative estimate of drug-likeness (QED) is 0.508. The van der Waals surface area contributed by atoms with E-state index in [9.17, 15) is 14.4 Å². The lowest BCUT2D eigenvalue weighted by Gasteiger charge is -2.40. The van der Waals surface area contributed by atoms with Gasteiger partial charge in [-0.2, -0.15) is 0 Å². The lowest BCUT2D eigenvalue weighted by Crippen LogP contribution is -2.58. The molecule has 2 aliphatic carbocycles. The number of amides is 3. The molecule has 39 heavy (non-hydrogen) atoms. The lowest BCUT2D eigenvalue weighted by molar-refractivity contribution is -0.145. The van der Waals surface area contributed by atoms with Gasteiger partial charge in [0.2, 0.25) is 17.7 Å². The van der Waals surface area contributed by atoms with Crippen LogP contribution < -0.4 is 10.6 Å². The van der Waals surface area contributed by atoms with Crippen molar-refractivity contribution < 1.29 is 19.1 Å². The van der Waals surface area contributed by atoms with Crippen molar-refractivity contribution in [2.75, 3.05) is 5.32 Å². The lowest BCUT2D eigenvalue weighted by atomic mass is 9.74. The fraction of sp³-hybridized carbons (Fsp3) is 0.656. The van der Waals surface area contributed by atoms with E-state index in [0.717, 1.165) is 51.4 Å². The highest BCUT2D eigenvalue weighted by atomic mass is 16.5. The number of carbonyl (C=O) groups excluding carboxylic acids is 3. The Morgan fingerprint density at radius 2 is 1.67 bits per heavy atom. The van der Waals surface area contributed by atoms with E-state index in [0.29, 0.717) is 17.5 Å². The maximum Gasteiger partial charge on any atom is 0.246 e. The predicted molar refractivity (Wildman–Crippen MR) is 150 cm³/mol. The minimum atomic E-state index is -1.09. The molecule has 3 amide bonds. The summed E-state index contributed by atoms with van der Waals surface area (Å²) in [5, 5.41) is 6.35. The second-order valence-corrected chi connectivity index (χ2v) is 13.0. The van der Waals surface area contributed by atoms with Gasteiger partial charge in [0.1, 0.15) is 11.6 Å². The van der Waals surface area contributed by atoms with Crippen molar-refractivity contribution in [2.45, 2.75) is 114 Å². The fourth-order valence-electron chi connectivity index (χ4n) is 7.82. The Hall–Kier alpha value is -2.67. The Bertz CT molecular complexity index is 1130. The fourth-order valence-corrected chi connectivity index (χ4v) is 7.82. The number of rotatable bonds is 6. The summed E-state index contributed by atoms with van der Waals surface area (Å²) < 4.78 is 6.55. The first-order chi connectivity index (χ1) is 18.8. The van der Waals surface area contributed by atoms with Crippen LogP contribution in [0.15, 0.2) is 36.4 Å². The third-order valence-electron chi connectivity index (χ3n) is 10.0. The molecule has 1 aromatic rings. The van der Waals surface area contributed by atoms with Crippen molar-refractivity contribution in [3.05, 3.63) is 42.0 Å². The summed E-state index contributed by atoms with van der Waals surface area (Å²) in [7, 11) is 0. The second kappa shape index (κ2) is 10.4. The molecule has 2 bridgehead atoms. The number of ether oxygens (including phenoxy) is 1. The monoisotopic (exact) mass is 533 g/mol. The molecule has 0 radical (unpaired) electrons. The second-order valence-electron chi connectivity index (χ2n) is 13.0. The van der Waals surface area contributed by atoms with Crippen LogP contribution in [0.5, 0.6) is 0 Å². The van der Waals surface area contributed by atoms with Gasteiger partial charge in [0.15, 0.2) is 0 Å². The zero-order valence-electron chi connectivity index (χ0n) is 23.5. The molecule has 7 nitrogen and oxygen atoms in total. The van der Waals surface area contributed by atoms with Crippen LogP contribution in [-0.4, -0.2) is 52.5 Å². The van der Waals surface area contributed by atoms with Gasteiger partial charge in [-0.3, -0.25) is 14.4 Å². The summed E-state index contributed by atoms with van der Waals surface area (Å²) in [6.07, 6.45) is 12.6. The predicted octanol–water partition coefficient (Wildman–Crippen LogP) is 4.93. The van der Waals surface area contributed by atoms with Gasteiger partial charge in [0.25, 0.3) is 0 Å². The third kappa shape index (κ3) is 4.60. The summed E-state index contributed by atoms with van der Waals surface area (Å²) in [6.45, 7) is 6.53. The van der Waals surface area contributed by atoms with Gasteiger partial charge >= 0.3 is 0 Å². The summed E-state index contributed by atoms with van der Waals surface area (Å²) in [5.74, 6) is -0.757. The average molecular weight is 534 g/mol. The summed E-state index contributed by atoms with van der Waals surface area (Å²) in [4.78, 5) is 43.9. The summed E-state index contributed by atoms with van der Waals surface area (Å²) in [5.41, 5.74) is 0.821. The van der Waals surface area contributed by atoms with Gasteiger partial charge in [0, 0.05) is 17.8 Å². The highest BCUT2D eigenvalue weighted by Crippen LogP contribution is 2.56. The number of benzene rings is 1. The zero-order chi connectivity index (χ0) is 27.3. The maximum absolute atomic E-state index is 14.3. The molecule has 1 aromatic carbocycles. The number of likely N-dealkylation sites (tertiary alicyclic amines) is 1. The van der Waals surface area contributed by atoms with Crippen LogP contribution in [-0.2, 0) is 19.1 Å². The van der Waals surface area contributed by atoms with Crippen LogP contribution in [0.3, 0.4) is 0 Å². The van der Waals surface area contributed by atoms with Crippen LogP contribution in [0.4, 0.5) is 5.69 Å². The van der Waals surface area contributed by atoms with Gasteiger partial charge in [-0.25, -0.2) is 0 Å². The summed E-state index contributed by atoms with van der Waals surface area (Å²) >= 11 is 0. The van der Waals surface area contributed by atoms with Crippen molar-refractivity contribution in [2.24, 2.45) is 17.8 Å². The number of fused-ring (bicyclic) bond motifs is 1. The third-order valence-corrected chi connectivity index (χ3v) is 10.0. The number of hydrogen-bond donors (Lipinski definition) is 2. The minimum Gasteiger partial charge on any atom is -0.359 e. The minimum absolute atomic E-state index is 0.000815. The van der Waals surface area contributed by atoms with Crippen molar-refractivity contribution >= 4 is 23.4 Å². The van der Waals surface area contributed by atoms with E-state index >= 15 is 0 Å². The largest absolute Gasteiger partial charge is 0.359 e. The highest BCUT2D eigenvalue weighted by molar-refractivity contribution is 6.03. The summed E-state index contributed by atoms with van der Waals surface area (Å²) in [6, 6.07) is 7.28. The van der Waals surface area contributed by atoms with Crippen LogP contribution in [0.2, 0.25) is 0 Å². The number of nitrogens with one attached hydrogen (secondary N) is 2. The molecule has 210 valence electrons. The van der Waals surface area contributed by atoms with Crippen molar-refractivity contribution in [1.82, 2.24) is 10.2 Å². The van der Waals surface area contributed by atoms with Crippen molar-refractivity contribution in [3.8, 4) is 0 Å². The normalized spacial score (nSPS) is 35.9. The molecule has 5 aliphatic rings. The molecular formula is C32H43N3O4. The van der Waals surface area contributed by atoms with Gasteiger partial charge in [-0.05, 0) is 68.1 Å². The molecular weight excluding hydrogens is 490 g/mol. The maximum atomic E-state index is 14.3. The number of carbonyl (C=O) groups is 3. The number of hydrogen-bond acceptors (Lipinski definition) is 4. The molecule has 3 heterocycles. The molecule has 5 atom stereocenters. The molecule has 3 aliphatic heterocycles. The molecule has 2 saturated heterocycles. The molecule has 6 rings (SSSR count). The SMILES string of the molecule is CC1CCC(N2C(=O)[C@H]3[C@@H](C(=O)Nc4ccc(C(C)C)cc4)[C@H]4C=C[C@@]3(O4)[C@@H]2C(=O)NC2CCCCC2)CC1. The van der Waals surface area contributed by atoms with Crippen LogP contribution in [0.25, 0.3) is 0 Å². The molecule has 0 aromatic heterocycles. The Kier molecular flexibility index (Phi) is 7.07. The van der Waals surface area contributed by atoms with Crippen molar-refractivity contribution in [1.29, 1.82) is 0 Å². The standard InChI is InChI=1S/C32H43N3O4/c1-19(2)21-11-13-23(14-12-21)33-29(36)26-25-17-18-32(39-25)27(26)31(38)35(24-15-9-20(3)10-16-24)28(32)30(37)34-22-7-5-4-6-8-22/h11-14,17-20,22,24-28H,4-10,15-16H2,1-3H3,(H,33,36)(H,34,37)/t20?,24?,25-,26+,27-,28+,32+/m1/s1. The van der Waals surface area contributed by atoms with Gasteiger partial charge in [0.05, 0.1) is 17.9 Å². The smallest absolute Gasteiger partial charge is 0.246 e. The first kappa shape index (κ1) is 26.5. The van der Waals surface area contributed by atoms with Gasteiger partial charge < -0.3 is 20.3 Å². The molecule has 0 unspecified atom stereocenters. The molecule has 7 heteroatoms. The van der Waals surface area contributed by atoms with Gasteiger partial charge in [-0.15, -0.1) is 0 Å². The van der Waals surface area contributed by atoms with Gasteiger partial charge in [-0.1, -0.05) is 64.3 Å². The number of anilines is 1. The van der Waals surface area contributed by atoms with Crippen molar-refractivity contribution in [3.63, 3.8) is 0 Å². The van der Waals surface area contributed by atoms with E-state index in [2.05, 4.69) is 31.4 Å². The first-order valence-electron chi connectivity index (χ1n) is 15.2. The average Bonchev–Trinajstić information content (AvgIpc) is 3.57. The number of nitrogens with zero attached hydrogens (tertiary/aromatic N) is 1. The van der Waals surface area contributed by atoms with E-state index in [4.69, 9.17) is 4.74 Å². The first-order valence-corrected chi connectivity index (χ1v) is 15.2. The van der Waals surface area contributed by atoms with E-state index < -0.39 is 29.6 Å². The Morgan fingerprint density at radius 1 is 0.974 bits per heavy atom. The van der Waals surface area contributed by atoms with E-state index in [-0.39, 0.29) is 29.8 Å². The Balaban J connectivity index is 1.29. The Morgan fingerprint density at radius 3 is 2.33 bits per heavy atom. The molecule has 2 N–H and O–H groups in total. The van der Waals surface area contributed by atoms with Crippen LogP contribution in [0.1, 0.15) is 90.0 Å². The molecule has 1 spiro atoms. The Labute approximate surface area is 232 Å². The topological polar surface area (TPSA) is 87.7 Å². The molecule has 4 fully saturated rings. The van der Waals surface area contributed by atoms with E-state index in [1.807, 2.05) is 41.3 Å².